The normalized spacial score (nSPS) is 12.0. The number of rotatable bonds is 9. The monoisotopic (exact) mass is 481 g/mol. The lowest BCUT2D eigenvalue weighted by molar-refractivity contribution is 0.102. The molecule has 0 aliphatic rings. The van der Waals surface area contributed by atoms with Crippen molar-refractivity contribution in [2.24, 2.45) is 0 Å². The van der Waals surface area contributed by atoms with Crippen molar-refractivity contribution in [1.82, 2.24) is 4.72 Å². The topological polar surface area (TPSA) is 114 Å². The van der Waals surface area contributed by atoms with Crippen LogP contribution in [0.15, 0.2) is 77.7 Å². The van der Waals surface area contributed by atoms with Gasteiger partial charge in [-0.1, -0.05) is 25.1 Å². The maximum Gasteiger partial charge on any atom is 0.257 e. The number of methoxy groups -OCH3 is 1. The van der Waals surface area contributed by atoms with Crippen LogP contribution >= 0.6 is 0 Å². The summed E-state index contributed by atoms with van der Waals surface area (Å²) >= 11 is 0. The molecule has 1 unspecified atom stereocenters. The van der Waals surface area contributed by atoms with Crippen LogP contribution in [0.2, 0.25) is 0 Å². The molecule has 1 atom stereocenters. The van der Waals surface area contributed by atoms with Crippen molar-refractivity contribution in [3.8, 4) is 5.75 Å². The van der Waals surface area contributed by atoms with E-state index in [1.165, 1.54) is 31.4 Å². The first kappa shape index (κ1) is 24.9. The Kier molecular flexibility index (Phi) is 8.04. The van der Waals surface area contributed by atoms with E-state index in [4.69, 9.17) is 4.74 Å². The van der Waals surface area contributed by atoms with Gasteiger partial charge in [-0.05, 0) is 61.9 Å². The highest BCUT2D eigenvalue weighted by atomic mass is 32.2. The molecule has 0 aliphatic carbocycles. The van der Waals surface area contributed by atoms with Crippen molar-refractivity contribution >= 4 is 33.2 Å². The third-order valence-corrected chi connectivity index (χ3v) is 6.75. The van der Waals surface area contributed by atoms with Crippen LogP contribution in [0.5, 0.6) is 5.75 Å². The average molecular weight is 482 g/mol. The molecule has 9 heteroatoms. The summed E-state index contributed by atoms with van der Waals surface area (Å²) in [6.07, 6.45) is 0.657. The summed E-state index contributed by atoms with van der Waals surface area (Å²) in [5, 5.41) is 5.51. The highest BCUT2D eigenvalue weighted by Gasteiger charge is 2.18. The maximum absolute atomic E-state index is 12.8. The Morgan fingerprint density at radius 1 is 0.912 bits per heavy atom. The second kappa shape index (κ2) is 11.0. The number of benzene rings is 3. The van der Waals surface area contributed by atoms with E-state index >= 15 is 0 Å². The van der Waals surface area contributed by atoms with Crippen molar-refractivity contribution < 1.29 is 22.7 Å². The second-order valence-electron chi connectivity index (χ2n) is 7.64. The van der Waals surface area contributed by atoms with Crippen LogP contribution in [0.4, 0.5) is 11.4 Å². The number of carbonyl (C=O) groups excluding carboxylic acids is 2. The fourth-order valence-electron chi connectivity index (χ4n) is 3.09. The van der Waals surface area contributed by atoms with Crippen LogP contribution in [0.1, 0.15) is 41.0 Å². The maximum atomic E-state index is 12.8. The molecule has 0 radical (unpaired) electrons. The molecular weight excluding hydrogens is 454 g/mol. The van der Waals surface area contributed by atoms with E-state index in [1.807, 2.05) is 6.92 Å². The average Bonchev–Trinajstić information content (AvgIpc) is 2.84. The van der Waals surface area contributed by atoms with Crippen LogP contribution in [0, 0.1) is 0 Å². The number of para-hydroxylation sites is 1. The van der Waals surface area contributed by atoms with E-state index in [2.05, 4.69) is 15.4 Å². The Hall–Kier alpha value is -3.69. The first-order valence-electron chi connectivity index (χ1n) is 10.7. The van der Waals surface area contributed by atoms with E-state index < -0.39 is 21.8 Å². The fraction of sp³-hybridized carbons (Fsp3) is 0.200. The lowest BCUT2D eigenvalue weighted by atomic mass is 10.1. The molecule has 3 rings (SSSR count). The van der Waals surface area contributed by atoms with Crippen LogP contribution in [-0.2, 0) is 10.0 Å². The van der Waals surface area contributed by atoms with E-state index in [0.29, 0.717) is 23.5 Å². The SMILES string of the molecule is CCC(C)NS(=O)(=O)c1ccc(C(=O)Nc2ccccc2C(=O)Nc2cccc(OC)c2)cc1. The number of sulfonamides is 1. The largest absolute Gasteiger partial charge is 0.497 e. The third kappa shape index (κ3) is 6.21. The van der Waals surface area contributed by atoms with Crippen molar-refractivity contribution in [3.05, 3.63) is 83.9 Å². The van der Waals surface area contributed by atoms with Gasteiger partial charge in [-0.2, -0.15) is 0 Å². The van der Waals surface area contributed by atoms with Gasteiger partial charge in [0.05, 0.1) is 23.3 Å². The molecule has 3 aromatic rings. The second-order valence-corrected chi connectivity index (χ2v) is 9.35. The van der Waals surface area contributed by atoms with Crippen molar-refractivity contribution in [2.45, 2.75) is 31.2 Å². The number of hydrogen-bond donors (Lipinski definition) is 3. The highest BCUT2D eigenvalue weighted by Crippen LogP contribution is 2.21. The molecule has 8 nitrogen and oxygen atoms in total. The lowest BCUT2D eigenvalue weighted by Crippen LogP contribution is -2.32. The van der Waals surface area contributed by atoms with Gasteiger partial charge in [0.15, 0.2) is 0 Å². The molecule has 0 spiro atoms. The summed E-state index contributed by atoms with van der Waals surface area (Å²) in [4.78, 5) is 25.7. The quantitative estimate of drug-likeness (QED) is 0.422. The zero-order valence-corrected chi connectivity index (χ0v) is 20.0. The zero-order chi connectivity index (χ0) is 24.7. The Labute approximate surface area is 199 Å². The minimum absolute atomic E-state index is 0.0717. The summed E-state index contributed by atoms with van der Waals surface area (Å²) in [6.45, 7) is 3.66. The van der Waals surface area contributed by atoms with Crippen molar-refractivity contribution in [3.63, 3.8) is 0 Å². The Bertz CT molecular complexity index is 1270. The first-order valence-corrected chi connectivity index (χ1v) is 12.2. The molecule has 178 valence electrons. The molecule has 0 aromatic heterocycles. The van der Waals surface area contributed by atoms with Gasteiger partial charge in [0.2, 0.25) is 10.0 Å². The number of carbonyl (C=O) groups is 2. The molecule has 0 saturated carbocycles. The summed E-state index contributed by atoms with van der Waals surface area (Å²) in [5.74, 6) is -0.272. The van der Waals surface area contributed by atoms with Gasteiger partial charge in [0.1, 0.15) is 5.75 Å². The molecule has 0 heterocycles. The van der Waals surface area contributed by atoms with Crippen LogP contribution in [-0.4, -0.2) is 33.4 Å². The van der Waals surface area contributed by atoms with Crippen molar-refractivity contribution in [1.29, 1.82) is 0 Å². The van der Waals surface area contributed by atoms with E-state index in [9.17, 15) is 18.0 Å². The molecule has 0 fully saturated rings. The van der Waals surface area contributed by atoms with Gasteiger partial charge in [0.25, 0.3) is 11.8 Å². The molecule has 2 amide bonds. The molecular formula is C25H27N3O5S. The molecule has 34 heavy (non-hydrogen) atoms. The number of anilines is 2. The smallest absolute Gasteiger partial charge is 0.257 e. The van der Waals surface area contributed by atoms with Gasteiger partial charge < -0.3 is 15.4 Å². The molecule has 0 saturated heterocycles. The van der Waals surface area contributed by atoms with Crippen LogP contribution in [0.3, 0.4) is 0 Å². The van der Waals surface area contributed by atoms with Gasteiger partial charge in [-0.3, -0.25) is 9.59 Å². The van der Waals surface area contributed by atoms with Gasteiger partial charge >= 0.3 is 0 Å². The summed E-state index contributed by atoms with van der Waals surface area (Å²) < 4.78 is 32.6. The zero-order valence-electron chi connectivity index (χ0n) is 19.2. The standard InChI is InChI=1S/C25H27N3O5S/c1-4-17(2)28-34(31,32)21-14-12-18(13-15-21)24(29)27-23-11-6-5-10-22(23)25(30)26-19-8-7-9-20(16-19)33-3/h5-17,28H,4H2,1-3H3,(H,26,30)(H,27,29). The lowest BCUT2D eigenvalue weighted by Gasteiger charge is -2.13. The summed E-state index contributed by atoms with van der Waals surface area (Å²) in [5.41, 5.74) is 1.40. The minimum Gasteiger partial charge on any atom is -0.497 e. The summed E-state index contributed by atoms with van der Waals surface area (Å²) in [7, 11) is -2.13. The van der Waals surface area contributed by atoms with E-state index in [-0.39, 0.29) is 22.1 Å². The third-order valence-electron chi connectivity index (χ3n) is 5.14. The number of ether oxygens (including phenoxy) is 1. The Morgan fingerprint density at radius 2 is 1.62 bits per heavy atom. The van der Waals surface area contributed by atoms with Gasteiger partial charge in [-0.15, -0.1) is 0 Å². The molecule has 3 aromatic carbocycles. The predicted molar refractivity (Wildman–Crippen MR) is 132 cm³/mol. The Morgan fingerprint density at radius 3 is 2.29 bits per heavy atom. The number of amides is 2. The number of hydrogen-bond acceptors (Lipinski definition) is 5. The van der Waals surface area contributed by atoms with Gasteiger partial charge in [0, 0.05) is 23.4 Å². The van der Waals surface area contributed by atoms with E-state index in [1.54, 1.807) is 55.5 Å². The fourth-order valence-corrected chi connectivity index (χ4v) is 4.41. The molecule has 3 N–H and O–H groups in total. The first-order chi connectivity index (χ1) is 16.2. The van der Waals surface area contributed by atoms with Crippen LogP contribution in [0.25, 0.3) is 0 Å². The van der Waals surface area contributed by atoms with Crippen LogP contribution < -0.4 is 20.1 Å². The number of nitrogens with one attached hydrogen (secondary N) is 3. The van der Waals surface area contributed by atoms with Gasteiger partial charge in [-0.25, -0.2) is 13.1 Å². The van der Waals surface area contributed by atoms with Crippen molar-refractivity contribution in [2.75, 3.05) is 17.7 Å². The predicted octanol–water partition coefficient (Wildman–Crippen LogP) is 4.28. The Balaban J connectivity index is 1.75. The molecule has 0 bridgehead atoms. The van der Waals surface area contributed by atoms with E-state index in [0.717, 1.165) is 0 Å². The minimum atomic E-state index is -3.67. The summed E-state index contributed by atoms with van der Waals surface area (Å²) in [6, 6.07) is 19.0. The molecule has 0 aliphatic heterocycles. The highest BCUT2D eigenvalue weighted by molar-refractivity contribution is 7.89.